The summed E-state index contributed by atoms with van der Waals surface area (Å²) in [4.78, 5) is 25.6. The molecule has 1 aliphatic heterocycles. The van der Waals surface area contributed by atoms with Gasteiger partial charge in [0, 0.05) is 25.6 Å². The van der Waals surface area contributed by atoms with Crippen molar-refractivity contribution in [3.05, 3.63) is 12.7 Å². The Morgan fingerprint density at radius 1 is 1.18 bits per heavy atom. The monoisotopic (exact) mass is 306 g/mol. The van der Waals surface area contributed by atoms with Crippen LogP contribution in [0.2, 0.25) is 0 Å². The Morgan fingerprint density at radius 3 is 2.32 bits per heavy atom. The van der Waals surface area contributed by atoms with E-state index < -0.39 is 0 Å². The van der Waals surface area contributed by atoms with Crippen molar-refractivity contribution >= 4 is 11.8 Å². The zero-order valence-corrected chi connectivity index (χ0v) is 14.1. The zero-order valence-electron chi connectivity index (χ0n) is 14.1. The van der Waals surface area contributed by atoms with Gasteiger partial charge < -0.3 is 10.2 Å². The highest BCUT2D eigenvalue weighted by Gasteiger charge is 2.29. The smallest absolute Gasteiger partial charge is 0.245 e. The molecule has 22 heavy (non-hydrogen) atoms. The van der Waals surface area contributed by atoms with Crippen LogP contribution in [0.4, 0.5) is 0 Å². The molecule has 0 aromatic heterocycles. The van der Waals surface area contributed by atoms with Crippen LogP contribution in [0.15, 0.2) is 12.7 Å². The lowest BCUT2D eigenvalue weighted by atomic mass is 9.73. The highest BCUT2D eigenvalue weighted by atomic mass is 16.2. The fraction of sp³-hybridized carbons (Fsp3) is 0.778. The maximum Gasteiger partial charge on any atom is 0.245 e. The molecule has 0 aromatic rings. The second-order valence-electron chi connectivity index (χ2n) is 7.66. The molecule has 2 rings (SSSR count). The standard InChI is InChI=1S/C18H30N2O2/c1-4-16(21)20-11-7-15(8-12-20)17(22)19-13-14-5-9-18(2,3)10-6-14/h4,14-15H,1,5-13H2,2-3H3,(H,19,22). The molecule has 4 heteroatoms. The number of piperidine rings is 1. The minimum absolute atomic E-state index is 0.0244. The summed E-state index contributed by atoms with van der Waals surface area (Å²) in [7, 11) is 0. The number of nitrogens with zero attached hydrogens (tertiary/aromatic N) is 1. The largest absolute Gasteiger partial charge is 0.356 e. The molecule has 1 N–H and O–H groups in total. The molecule has 2 fully saturated rings. The van der Waals surface area contributed by atoms with Crippen molar-refractivity contribution in [2.24, 2.45) is 17.3 Å². The summed E-state index contributed by atoms with van der Waals surface area (Å²) in [5.74, 6) is 0.854. The second kappa shape index (κ2) is 7.30. The number of carbonyl (C=O) groups excluding carboxylic acids is 2. The van der Waals surface area contributed by atoms with E-state index in [2.05, 4.69) is 25.7 Å². The molecule has 1 saturated carbocycles. The van der Waals surface area contributed by atoms with Gasteiger partial charge in [0.05, 0.1) is 0 Å². The number of likely N-dealkylation sites (tertiary alicyclic amines) is 1. The van der Waals surface area contributed by atoms with Crippen molar-refractivity contribution in [2.45, 2.75) is 52.4 Å². The molecule has 0 radical (unpaired) electrons. The number of hydrogen-bond acceptors (Lipinski definition) is 2. The Hall–Kier alpha value is -1.32. The van der Waals surface area contributed by atoms with E-state index in [1.54, 1.807) is 4.90 Å². The van der Waals surface area contributed by atoms with Crippen LogP contribution in [0.5, 0.6) is 0 Å². The normalized spacial score (nSPS) is 23.1. The molecular formula is C18H30N2O2. The Morgan fingerprint density at radius 2 is 1.77 bits per heavy atom. The first-order valence-electron chi connectivity index (χ1n) is 8.60. The molecule has 0 unspecified atom stereocenters. The third-order valence-electron chi connectivity index (χ3n) is 5.38. The quantitative estimate of drug-likeness (QED) is 0.812. The summed E-state index contributed by atoms with van der Waals surface area (Å²) in [6.07, 6.45) is 7.85. The first-order valence-corrected chi connectivity index (χ1v) is 8.60. The van der Waals surface area contributed by atoms with Gasteiger partial charge in [0.2, 0.25) is 11.8 Å². The average molecular weight is 306 g/mol. The molecule has 0 atom stereocenters. The zero-order chi connectivity index (χ0) is 16.2. The summed E-state index contributed by atoms with van der Waals surface area (Å²) in [5, 5.41) is 3.14. The van der Waals surface area contributed by atoms with Crippen LogP contribution in [0.25, 0.3) is 0 Å². The summed E-state index contributed by atoms with van der Waals surface area (Å²) >= 11 is 0. The van der Waals surface area contributed by atoms with Crippen molar-refractivity contribution in [1.82, 2.24) is 10.2 Å². The van der Waals surface area contributed by atoms with E-state index >= 15 is 0 Å². The number of rotatable bonds is 4. The fourth-order valence-corrected chi connectivity index (χ4v) is 3.54. The molecule has 2 amide bonds. The highest BCUT2D eigenvalue weighted by Crippen LogP contribution is 2.37. The van der Waals surface area contributed by atoms with Crippen molar-refractivity contribution in [3.63, 3.8) is 0 Å². The van der Waals surface area contributed by atoms with E-state index in [9.17, 15) is 9.59 Å². The molecule has 0 spiro atoms. The molecule has 1 heterocycles. The molecule has 1 aliphatic carbocycles. The maximum absolute atomic E-state index is 12.3. The van der Waals surface area contributed by atoms with Crippen molar-refractivity contribution in [3.8, 4) is 0 Å². The predicted molar refractivity (Wildman–Crippen MR) is 88.2 cm³/mol. The molecular weight excluding hydrogens is 276 g/mol. The van der Waals surface area contributed by atoms with E-state index in [-0.39, 0.29) is 17.7 Å². The molecule has 0 bridgehead atoms. The van der Waals surface area contributed by atoms with Crippen LogP contribution in [0.1, 0.15) is 52.4 Å². The number of hydrogen-bond donors (Lipinski definition) is 1. The lowest BCUT2D eigenvalue weighted by Gasteiger charge is -2.35. The molecule has 1 saturated heterocycles. The summed E-state index contributed by atoms with van der Waals surface area (Å²) in [6.45, 7) is 10.3. The van der Waals surface area contributed by atoms with Crippen molar-refractivity contribution < 1.29 is 9.59 Å². The Kier molecular flexibility index (Phi) is 5.65. The molecule has 124 valence electrons. The topological polar surface area (TPSA) is 49.4 Å². The van der Waals surface area contributed by atoms with E-state index in [4.69, 9.17) is 0 Å². The van der Waals surface area contributed by atoms with Crippen LogP contribution in [0.3, 0.4) is 0 Å². The van der Waals surface area contributed by atoms with Crippen LogP contribution < -0.4 is 5.32 Å². The number of carbonyl (C=O) groups is 2. The van der Waals surface area contributed by atoms with Gasteiger partial charge in [-0.2, -0.15) is 0 Å². The van der Waals surface area contributed by atoms with Crippen molar-refractivity contribution in [2.75, 3.05) is 19.6 Å². The summed E-state index contributed by atoms with van der Waals surface area (Å²) < 4.78 is 0. The Balaban J connectivity index is 1.68. The lowest BCUT2D eigenvalue weighted by Crippen LogP contribution is -2.43. The van der Waals surface area contributed by atoms with Gasteiger partial charge >= 0.3 is 0 Å². The third kappa shape index (κ3) is 4.59. The predicted octanol–water partition coefficient (Wildman–Crippen LogP) is 2.74. The lowest BCUT2D eigenvalue weighted by molar-refractivity contribution is -0.132. The van der Waals surface area contributed by atoms with Crippen LogP contribution >= 0.6 is 0 Å². The van der Waals surface area contributed by atoms with Gasteiger partial charge in [0.25, 0.3) is 0 Å². The molecule has 0 aromatic carbocycles. The van der Waals surface area contributed by atoms with E-state index in [1.807, 2.05) is 0 Å². The highest BCUT2D eigenvalue weighted by molar-refractivity contribution is 5.87. The van der Waals surface area contributed by atoms with Gasteiger partial charge in [-0.15, -0.1) is 0 Å². The maximum atomic E-state index is 12.3. The fourth-order valence-electron chi connectivity index (χ4n) is 3.54. The van der Waals surface area contributed by atoms with Gasteiger partial charge in [-0.3, -0.25) is 9.59 Å². The van der Waals surface area contributed by atoms with E-state index in [0.29, 0.717) is 24.4 Å². The van der Waals surface area contributed by atoms with Crippen molar-refractivity contribution in [1.29, 1.82) is 0 Å². The third-order valence-corrected chi connectivity index (χ3v) is 5.38. The summed E-state index contributed by atoms with van der Waals surface area (Å²) in [6, 6.07) is 0. The Labute approximate surface area is 134 Å². The van der Waals surface area contributed by atoms with Gasteiger partial charge in [0.1, 0.15) is 0 Å². The van der Waals surface area contributed by atoms with Crippen LogP contribution in [0, 0.1) is 17.3 Å². The summed E-state index contributed by atoms with van der Waals surface area (Å²) in [5.41, 5.74) is 0.477. The van der Waals surface area contributed by atoms with E-state index in [1.165, 1.54) is 31.8 Å². The van der Waals surface area contributed by atoms with Gasteiger partial charge in [0.15, 0.2) is 0 Å². The second-order valence-corrected chi connectivity index (χ2v) is 7.66. The first kappa shape index (κ1) is 17.0. The van der Waals surface area contributed by atoms with Crippen LogP contribution in [-0.2, 0) is 9.59 Å². The number of amides is 2. The Bertz CT molecular complexity index is 413. The molecule has 2 aliphatic rings. The SMILES string of the molecule is C=CC(=O)N1CCC(C(=O)NCC2CCC(C)(C)CC2)CC1. The molecule has 4 nitrogen and oxygen atoms in total. The van der Waals surface area contributed by atoms with Gasteiger partial charge in [-0.1, -0.05) is 20.4 Å². The minimum atomic E-state index is -0.0244. The number of nitrogens with one attached hydrogen (secondary N) is 1. The van der Waals surface area contributed by atoms with Gasteiger partial charge in [-0.25, -0.2) is 0 Å². The first-order chi connectivity index (χ1) is 10.4. The minimum Gasteiger partial charge on any atom is -0.356 e. The van der Waals surface area contributed by atoms with Gasteiger partial charge in [-0.05, 0) is 55.9 Å². The van der Waals surface area contributed by atoms with Crippen LogP contribution in [-0.4, -0.2) is 36.3 Å². The van der Waals surface area contributed by atoms with E-state index in [0.717, 1.165) is 19.4 Å². The average Bonchev–Trinajstić information content (AvgIpc) is 2.53.